The fourth-order valence-corrected chi connectivity index (χ4v) is 13.2. The Bertz CT molecular complexity index is 1840. The van der Waals surface area contributed by atoms with Crippen LogP contribution in [-0.2, 0) is 65.4 Å². The van der Waals surface area contributed by atoms with Crippen molar-refractivity contribution in [1.29, 1.82) is 0 Å². The van der Waals surface area contributed by atoms with Gasteiger partial charge in [-0.3, -0.25) is 37.3 Å². The number of ether oxygens (including phenoxy) is 4. The number of aliphatic hydroxyl groups excluding tert-OH is 1. The molecule has 0 heterocycles. The van der Waals surface area contributed by atoms with Crippen LogP contribution in [0.3, 0.4) is 0 Å². The molecule has 0 amide bonds. The molecule has 564 valence electrons. The van der Waals surface area contributed by atoms with Crippen LogP contribution in [0.2, 0.25) is 0 Å². The molecule has 0 aromatic rings. The van der Waals surface area contributed by atoms with Crippen LogP contribution in [-0.4, -0.2) is 96.7 Å². The Hall–Kier alpha value is -1.94. The minimum absolute atomic E-state index is 0.107. The van der Waals surface area contributed by atoms with Crippen LogP contribution in [0.25, 0.3) is 0 Å². The lowest BCUT2D eigenvalue weighted by Crippen LogP contribution is -2.30. The second-order valence-corrected chi connectivity index (χ2v) is 31.3. The summed E-state index contributed by atoms with van der Waals surface area (Å²) in [7, 11) is -9.91. The lowest BCUT2D eigenvalue weighted by molar-refractivity contribution is -0.161. The van der Waals surface area contributed by atoms with E-state index >= 15 is 0 Å². The first kappa shape index (κ1) is 93.1. The fraction of sp³-hybridized carbons (Fsp3) is 0.947. The average Bonchev–Trinajstić information content (AvgIpc) is 1.62. The number of esters is 4. The van der Waals surface area contributed by atoms with E-state index in [-0.39, 0.29) is 25.7 Å². The minimum Gasteiger partial charge on any atom is -0.462 e. The Morgan fingerprint density at radius 2 is 0.484 bits per heavy atom. The third kappa shape index (κ3) is 70.3. The monoisotopic (exact) mass is 1400 g/mol. The number of phosphoric ester groups is 2. The fourth-order valence-electron chi connectivity index (χ4n) is 11.7. The first-order valence-corrected chi connectivity index (χ1v) is 42.5. The van der Waals surface area contributed by atoms with Crippen LogP contribution in [0, 0.1) is 11.8 Å². The van der Waals surface area contributed by atoms with E-state index in [1.54, 1.807) is 0 Å². The van der Waals surface area contributed by atoms with Gasteiger partial charge in [0, 0.05) is 25.7 Å². The summed E-state index contributed by atoms with van der Waals surface area (Å²) in [5, 5.41) is 10.6. The van der Waals surface area contributed by atoms with Gasteiger partial charge in [-0.2, -0.15) is 0 Å². The predicted molar refractivity (Wildman–Crippen MR) is 386 cm³/mol. The Morgan fingerprint density at radius 3 is 0.716 bits per heavy atom. The van der Waals surface area contributed by atoms with Crippen LogP contribution in [0.5, 0.6) is 0 Å². The third-order valence-electron chi connectivity index (χ3n) is 17.7. The summed E-state index contributed by atoms with van der Waals surface area (Å²) in [6.07, 6.45) is 55.5. The number of hydrogen-bond donors (Lipinski definition) is 3. The maximum atomic E-state index is 13.1. The maximum absolute atomic E-state index is 13.1. The number of carbonyl (C=O) groups excluding carboxylic acids is 4. The van der Waals surface area contributed by atoms with Crippen LogP contribution in [0.1, 0.15) is 395 Å². The number of unbranched alkanes of at least 4 members (excludes halogenated alkanes) is 45. The first-order chi connectivity index (χ1) is 45.9. The van der Waals surface area contributed by atoms with Gasteiger partial charge < -0.3 is 33.8 Å². The van der Waals surface area contributed by atoms with Crippen LogP contribution >= 0.6 is 15.6 Å². The van der Waals surface area contributed by atoms with E-state index in [4.69, 9.17) is 37.0 Å². The molecule has 3 N–H and O–H groups in total. The molecular weight excluding hydrogens is 1250 g/mol. The molecule has 2 unspecified atom stereocenters. The maximum Gasteiger partial charge on any atom is 0.472 e. The second kappa shape index (κ2) is 67.9. The molecule has 0 saturated heterocycles. The van der Waals surface area contributed by atoms with Crippen molar-refractivity contribution in [2.24, 2.45) is 11.8 Å². The van der Waals surface area contributed by atoms with E-state index in [0.717, 1.165) is 102 Å². The second-order valence-electron chi connectivity index (χ2n) is 28.3. The smallest absolute Gasteiger partial charge is 0.462 e. The summed E-state index contributed by atoms with van der Waals surface area (Å²) < 4.78 is 68.5. The van der Waals surface area contributed by atoms with Gasteiger partial charge in [-0.05, 0) is 37.5 Å². The van der Waals surface area contributed by atoms with Gasteiger partial charge in [0.15, 0.2) is 12.2 Å². The molecule has 0 aromatic heterocycles. The number of aliphatic hydroxyl groups is 1. The molecule has 0 radical (unpaired) electrons. The Kier molecular flexibility index (Phi) is 66.5. The molecule has 95 heavy (non-hydrogen) atoms. The molecule has 0 fully saturated rings. The number of hydrogen-bond acceptors (Lipinski definition) is 15. The molecular formula is C76H148O17P2. The minimum atomic E-state index is -4.96. The highest BCUT2D eigenvalue weighted by Crippen LogP contribution is 2.45. The van der Waals surface area contributed by atoms with E-state index in [2.05, 4.69) is 41.5 Å². The summed E-state index contributed by atoms with van der Waals surface area (Å²) in [5.74, 6) is -0.627. The van der Waals surface area contributed by atoms with Crippen LogP contribution < -0.4 is 0 Å². The van der Waals surface area contributed by atoms with Gasteiger partial charge in [0.05, 0.1) is 26.4 Å². The summed E-state index contributed by atoms with van der Waals surface area (Å²) in [4.78, 5) is 72.8. The molecule has 0 bridgehead atoms. The van der Waals surface area contributed by atoms with E-state index < -0.39 is 97.5 Å². The predicted octanol–water partition coefficient (Wildman–Crippen LogP) is 22.3. The Morgan fingerprint density at radius 1 is 0.284 bits per heavy atom. The molecule has 0 rings (SSSR count). The Labute approximate surface area is 581 Å². The van der Waals surface area contributed by atoms with Crippen molar-refractivity contribution < 1.29 is 80.2 Å². The lowest BCUT2D eigenvalue weighted by atomic mass is 10.0. The highest BCUT2D eigenvalue weighted by Gasteiger charge is 2.30. The van der Waals surface area contributed by atoms with E-state index in [9.17, 15) is 43.2 Å². The average molecular weight is 1400 g/mol. The molecule has 0 aliphatic rings. The van der Waals surface area contributed by atoms with Crippen molar-refractivity contribution in [1.82, 2.24) is 0 Å². The van der Waals surface area contributed by atoms with Gasteiger partial charge >= 0.3 is 39.5 Å². The molecule has 0 aliphatic carbocycles. The summed E-state index contributed by atoms with van der Waals surface area (Å²) >= 11 is 0. The third-order valence-corrected chi connectivity index (χ3v) is 19.6. The van der Waals surface area contributed by atoms with Gasteiger partial charge in [0.2, 0.25) is 0 Å². The SMILES string of the molecule is CCCCCCCCCCCCCCCCCCCC(=O)O[C@H](COC(=O)CCCCCCCCCCCCCCC(C)C)COP(=O)(O)OC[C@@H](O)COP(=O)(O)OC[C@@H](COC(=O)CCCCCCCCCC(C)C)OC(=O)CCCCCCCCCCCCCCC. The lowest BCUT2D eigenvalue weighted by Gasteiger charge is -2.21. The molecule has 0 aliphatic heterocycles. The molecule has 5 atom stereocenters. The van der Waals surface area contributed by atoms with Crippen LogP contribution in [0.4, 0.5) is 0 Å². The molecule has 17 nitrogen and oxygen atoms in total. The van der Waals surface area contributed by atoms with Crippen molar-refractivity contribution in [3.05, 3.63) is 0 Å². The molecule has 0 aromatic carbocycles. The van der Waals surface area contributed by atoms with Gasteiger partial charge in [0.1, 0.15) is 19.3 Å². The Balaban J connectivity index is 5.25. The quantitative estimate of drug-likeness (QED) is 0.0222. The highest BCUT2D eigenvalue weighted by atomic mass is 31.2. The van der Waals surface area contributed by atoms with Gasteiger partial charge in [-0.15, -0.1) is 0 Å². The number of carbonyl (C=O) groups is 4. The zero-order valence-corrected chi connectivity index (χ0v) is 63.8. The topological polar surface area (TPSA) is 237 Å². The zero-order valence-electron chi connectivity index (χ0n) is 62.0. The summed E-state index contributed by atoms with van der Waals surface area (Å²) in [6.45, 7) is 9.56. The standard InChI is InChI=1S/C76H148O17P2/c1-7-9-11-13-15-17-19-21-22-23-24-26-32-36-42-49-55-61-76(81)92-71(64-86-73(78)58-52-46-40-34-30-28-27-29-33-38-44-50-56-68(3)4)66-90-94(82,83)88-62-70(77)63-89-95(84,85)91-67-72(65-87-74(79)59-53-47-43-37-39-45-51-57-69(5)6)93-75(80)60-54-48-41-35-31-25-20-18-16-14-12-10-8-2/h68-72,77H,7-67H2,1-6H3,(H,82,83)(H,84,85)/t70-,71-,72-/m1/s1. The van der Waals surface area contributed by atoms with Gasteiger partial charge in [-0.25, -0.2) is 9.13 Å². The van der Waals surface area contributed by atoms with Crippen LogP contribution in [0.15, 0.2) is 0 Å². The van der Waals surface area contributed by atoms with E-state index in [1.165, 1.54) is 205 Å². The van der Waals surface area contributed by atoms with Gasteiger partial charge in [0.25, 0.3) is 0 Å². The summed E-state index contributed by atoms with van der Waals surface area (Å²) in [5.41, 5.74) is 0. The number of rotatable bonds is 75. The highest BCUT2D eigenvalue weighted by molar-refractivity contribution is 7.47. The summed E-state index contributed by atoms with van der Waals surface area (Å²) in [6, 6.07) is 0. The van der Waals surface area contributed by atoms with Gasteiger partial charge in [-0.1, -0.05) is 343 Å². The van der Waals surface area contributed by atoms with E-state index in [1.807, 2.05) is 0 Å². The number of phosphoric acid groups is 2. The van der Waals surface area contributed by atoms with Crippen molar-refractivity contribution in [3.8, 4) is 0 Å². The van der Waals surface area contributed by atoms with E-state index in [0.29, 0.717) is 31.6 Å². The zero-order chi connectivity index (χ0) is 70.0. The molecule has 19 heteroatoms. The molecule has 0 saturated carbocycles. The van der Waals surface area contributed by atoms with Crippen molar-refractivity contribution in [3.63, 3.8) is 0 Å². The van der Waals surface area contributed by atoms with Crippen molar-refractivity contribution in [2.75, 3.05) is 39.6 Å². The first-order valence-electron chi connectivity index (χ1n) is 39.5. The van der Waals surface area contributed by atoms with Crippen molar-refractivity contribution >= 4 is 39.5 Å². The largest absolute Gasteiger partial charge is 0.472 e. The molecule has 0 spiro atoms. The normalized spacial score (nSPS) is 14.0. The van der Waals surface area contributed by atoms with Crippen molar-refractivity contribution in [2.45, 2.75) is 413 Å².